The average molecular weight is 444 g/mol. The van der Waals surface area contributed by atoms with Gasteiger partial charge in [0.1, 0.15) is 24.1 Å². The van der Waals surface area contributed by atoms with Crippen LogP contribution in [0, 0.1) is 0 Å². The van der Waals surface area contributed by atoms with E-state index in [0.717, 1.165) is 43.1 Å². The molecule has 5 atom stereocenters. The summed E-state index contributed by atoms with van der Waals surface area (Å²) in [7, 11) is 0. The van der Waals surface area contributed by atoms with Crippen LogP contribution in [0.15, 0.2) is 66.7 Å². The van der Waals surface area contributed by atoms with Crippen LogP contribution in [0.3, 0.4) is 0 Å². The van der Waals surface area contributed by atoms with E-state index in [0.29, 0.717) is 5.75 Å². The molecule has 0 aromatic heterocycles. The summed E-state index contributed by atoms with van der Waals surface area (Å²) in [6.07, 6.45) is -8.32. The lowest BCUT2D eigenvalue weighted by atomic mass is 9.91. The van der Waals surface area contributed by atoms with E-state index in [1.807, 2.05) is 36.4 Å². The molecule has 6 rings (SSSR count). The fourth-order valence-corrected chi connectivity index (χ4v) is 4.91. The number of carboxylic acids is 1. The van der Waals surface area contributed by atoms with Gasteiger partial charge in [-0.05, 0) is 50.5 Å². The molecule has 5 aromatic carbocycles. The molecule has 0 aliphatic carbocycles. The molecular weight excluding hydrogens is 424 g/mol. The second-order valence-electron chi connectivity index (χ2n) is 8.44. The van der Waals surface area contributed by atoms with Gasteiger partial charge in [0.2, 0.25) is 6.29 Å². The number of aliphatic carboxylic acids is 1. The number of carboxylic acid groups (broad SMARTS) is 1. The number of rotatable bonds is 3. The molecule has 0 radical (unpaired) electrons. The van der Waals surface area contributed by atoms with Gasteiger partial charge in [-0.3, -0.25) is 0 Å². The minimum absolute atomic E-state index is 0.377. The number of hydrogen-bond donors (Lipinski definition) is 4. The smallest absolute Gasteiger partial charge is 0.335 e. The standard InChI is InChI=1S/C26H20O7/c27-21-22(28)24(25(30)31)33-26(23(21)29)32-18-10-7-12-5-6-14-11-13-3-1-2-4-15(13)16-8-9-17(18)19(12)20(14)16/h1-11,21-24,26-29H,(H,30,31)/t21-,22-,23+,24-,26+/m0/s1. The fourth-order valence-electron chi connectivity index (χ4n) is 4.91. The van der Waals surface area contributed by atoms with Gasteiger partial charge >= 0.3 is 5.97 Å². The van der Waals surface area contributed by atoms with Crippen molar-refractivity contribution < 1.29 is 34.7 Å². The molecule has 0 spiro atoms. The van der Waals surface area contributed by atoms with Gasteiger partial charge in [0.25, 0.3) is 0 Å². The molecule has 0 saturated carbocycles. The molecule has 0 unspecified atom stereocenters. The zero-order valence-corrected chi connectivity index (χ0v) is 17.3. The molecule has 5 aromatic rings. The number of hydrogen-bond acceptors (Lipinski definition) is 6. The number of aliphatic hydroxyl groups excluding tert-OH is 3. The predicted octanol–water partition coefficient (Wildman–Crippen LogP) is 3.01. The maximum atomic E-state index is 11.4. The van der Waals surface area contributed by atoms with Crippen molar-refractivity contribution in [2.45, 2.75) is 30.7 Å². The Kier molecular flexibility index (Phi) is 4.43. The number of benzene rings is 5. The first-order valence-corrected chi connectivity index (χ1v) is 10.6. The van der Waals surface area contributed by atoms with Crippen LogP contribution in [0.25, 0.3) is 43.1 Å². The molecule has 1 heterocycles. The van der Waals surface area contributed by atoms with Crippen LogP contribution in [-0.2, 0) is 9.53 Å². The van der Waals surface area contributed by atoms with E-state index in [1.54, 1.807) is 6.07 Å². The highest BCUT2D eigenvalue weighted by molar-refractivity contribution is 6.29. The summed E-state index contributed by atoms with van der Waals surface area (Å²) in [6, 6.07) is 22.0. The van der Waals surface area contributed by atoms with Gasteiger partial charge in [-0.1, -0.05) is 48.5 Å². The lowest BCUT2D eigenvalue weighted by Crippen LogP contribution is -2.61. The van der Waals surface area contributed by atoms with E-state index in [1.165, 1.54) is 0 Å². The SMILES string of the molecule is O=C(O)[C@H]1O[C@@H](Oc2ccc3ccc4cc5ccccc5c5ccc2c3c45)[C@H](O)[C@@H](O)[C@@H]1O. The molecule has 0 amide bonds. The Labute approximate surface area is 187 Å². The lowest BCUT2D eigenvalue weighted by molar-refractivity contribution is -0.270. The maximum absolute atomic E-state index is 11.4. The summed E-state index contributed by atoms with van der Waals surface area (Å²) in [5, 5.41) is 48.1. The van der Waals surface area contributed by atoms with Crippen molar-refractivity contribution in [3.05, 3.63) is 66.7 Å². The van der Waals surface area contributed by atoms with Crippen LogP contribution in [0.1, 0.15) is 0 Å². The van der Waals surface area contributed by atoms with Crippen LogP contribution in [-0.4, -0.2) is 57.1 Å². The third-order valence-electron chi connectivity index (χ3n) is 6.52. The van der Waals surface area contributed by atoms with Crippen molar-refractivity contribution in [3.8, 4) is 5.75 Å². The zero-order valence-electron chi connectivity index (χ0n) is 17.3. The molecular formula is C26H20O7. The summed E-state index contributed by atoms with van der Waals surface area (Å²) in [4.78, 5) is 11.4. The number of aliphatic hydroxyl groups is 3. The van der Waals surface area contributed by atoms with E-state index < -0.39 is 36.7 Å². The Morgan fingerprint density at radius 2 is 1.42 bits per heavy atom. The maximum Gasteiger partial charge on any atom is 0.335 e. The highest BCUT2D eigenvalue weighted by Crippen LogP contribution is 2.42. The monoisotopic (exact) mass is 444 g/mol. The van der Waals surface area contributed by atoms with Gasteiger partial charge in [-0.15, -0.1) is 0 Å². The third-order valence-corrected chi connectivity index (χ3v) is 6.52. The molecule has 1 saturated heterocycles. The Bertz CT molecular complexity index is 1530. The molecule has 0 bridgehead atoms. The summed E-state index contributed by atoms with van der Waals surface area (Å²) >= 11 is 0. The minimum atomic E-state index is -1.77. The first kappa shape index (κ1) is 20.1. The van der Waals surface area contributed by atoms with Crippen LogP contribution < -0.4 is 4.74 Å². The number of fused-ring (bicyclic) bond motifs is 2. The Morgan fingerprint density at radius 1 is 0.727 bits per heavy atom. The fraction of sp³-hybridized carbons (Fsp3) is 0.192. The average Bonchev–Trinajstić information content (AvgIpc) is 2.83. The molecule has 7 nitrogen and oxygen atoms in total. The molecule has 1 fully saturated rings. The highest BCUT2D eigenvalue weighted by atomic mass is 16.7. The number of carbonyl (C=O) groups is 1. The van der Waals surface area contributed by atoms with Gasteiger partial charge < -0.3 is 29.9 Å². The molecule has 33 heavy (non-hydrogen) atoms. The molecule has 1 aliphatic heterocycles. The van der Waals surface area contributed by atoms with Gasteiger partial charge in [0.05, 0.1) is 0 Å². The summed E-state index contributed by atoms with van der Waals surface area (Å²) in [5.74, 6) is -1.08. The predicted molar refractivity (Wildman–Crippen MR) is 123 cm³/mol. The summed E-state index contributed by atoms with van der Waals surface area (Å²) < 4.78 is 11.2. The van der Waals surface area contributed by atoms with E-state index >= 15 is 0 Å². The van der Waals surface area contributed by atoms with Gasteiger partial charge in [0, 0.05) is 10.8 Å². The van der Waals surface area contributed by atoms with E-state index in [2.05, 4.69) is 24.3 Å². The van der Waals surface area contributed by atoms with Gasteiger partial charge in [-0.2, -0.15) is 0 Å². The Hall–Kier alpha value is -3.49. The quantitative estimate of drug-likeness (QED) is 0.250. The van der Waals surface area contributed by atoms with Crippen molar-refractivity contribution in [2.24, 2.45) is 0 Å². The van der Waals surface area contributed by atoms with E-state index in [-0.39, 0.29) is 0 Å². The second-order valence-corrected chi connectivity index (χ2v) is 8.44. The molecule has 4 N–H and O–H groups in total. The first-order valence-electron chi connectivity index (χ1n) is 10.6. The Morgan fingerprint density at radius 3 is 2.24 bits per heavy atom. The topological polar surface area (TPSA) is 116 Å². The van der Waals surface area contributed by atoms with E-state index in [9.17, 15) is 25.2 Å². The molecule has 1 aliphatic rings. The summed E-state index contributed by atoms with van der Waals surface area (Å²) in [6.45, 7) is 0. The zero-order chi connectivity index (χ0) is 22.9. The van der Waals surface area contributed by atoms with Gasteiger partial charge in [0.15, 0.2) is 6.10 Å². The van der Waals surface area contributed by atoms with Crippen molar-refractivity contribution in [2.75, 3.05) is 0 Å². The molecule has 7 heteroatoms. The van der Waals surface area contributed by atoms with Crippen molar-refractivity contribution in [1.29, 1.82) is 0 Å². The van der Waals surface area contributed by atoms with Gasteiger partial charge in [-0.25, -0.2) is 4.79 Å². The third kappa shape index (κ3) is 2.94. The second kappa shape index (κ2) is 7.26. The lowest BCUT2D eigenvalue weighted by Gasteiger charge is -2.38. The van der Waals surface area contributed by atoms with Crippen LogP contribution in [0.5, 0.6) is 5.75 Å². The van der Waals surface area contributed by atoms with E-state index in [4.69, 9.17) is 9.47 Å². The minimum Gasteiger partial charge on any atom is -0.479 e. The van der Waals surface area contributed by atoms with Crippen LogP contribution >= 0.6 is 0 Å². The Balaban J connectivity index is 1.52. The normalized spacial score (nSPS) is 25.8. The van der Waals surface area contributed by atoms with Crippen molar-refractivity contribution in [1.82, 2.24) is 0 Å². The molecule has 166 valence electrons. The van der Waals surface area contributed by atoms with Crippen LogP contribution in [0.2, 0.25) is 0 Å². The highest BCUT2D eigenvalue weighted by Gasteiger charge is 2.48. The van der Waals surface area contributed by atoms with Crippen molar-refractivity contribution >= 4 is 49.1 Å². The first-order chi connectivity index (χ1) is 15.9. The largest absolute Gasteiger partial charge is 0.479 e. The number of ether oxygens (including phenoxy) is 2. The summed E-state index contributed by atoms with van der Waals surface area (Å²) in [5.41, 5.74) is 0. The van der Waals surface area contributed by atoms with Crippen LogP contribution in [0.4, 0.5) is 0 Å². The van der Waals surface area contributed by atoms with Crippen molar-refractivity contribution in [3.63, 3.8) is 0 Å².